The van der Waals surface area contributed by atoms with Crippen LogP contribution in [0.15, 0.2) is 0 Å². The van der Waals surface area contributed by atoms with Crippen LogP contribution in [0.5, 0.6) is 0 Å². The van der Waals surface area contributed by atoms with E-state index >= 15 is 0 Å². The summed E-state index contributed by atoms with van der Waals surface area (Å²) in [6.07, 6.45) is 14.2. The second kappa shape index (κ2) is 15.9. The first-order chi connectivity index (χ1) is 27.4. The Labute approximate surface area is 349 Å². The summed E-state index contributed by atoms with van der Waals surface area (Å²) in [6, 6.07) is -0.0281. The quantitative estimate of drug-likeness (QED) is 0.109. The Kier molecular flexibility index (Phi) is 11.9. The van der Waals surface area contributed by atoms with Gasteiger partial charge in [-0.2, -0.15) is 0 Å². The highest BCUT2D eigenvalue weighted by Gasteiger charge is 2.67. The van der Waals surface area contributed by atoms with Crippen molar-refractivity contribution in [1.82, 2.24) is 5.32 Å². The molecule has 0 amide bonds. The van der Waals surface area contributed by atoms with E-state index in [2.05, 4.69) is 46.9 Å². The number of hydrogen-bond acceptors (Lipinski definition) is 8. The SMILES string of the molecule is CC(CCC(C=O)NC1CCC2(C)C(C1)CC(O)C1C2CC(O)C2(C)C(C(C)CCC(=O)O)CCC12)C1CCC2C3C(O)CC4CC(O)CCC4(C)C3CC(O)C12C. The van der Waals surface area contributed by atoms with Crippen LogP contribution in [0.4, 0.5) is 0 Å². The normalized spacial score (nSPS) is 53.8. The van der Waals surface area contributed by atoms with Crippen molar-refractivity contribution in [2.75, 3.05) is 0 Å². The number of carbonyl (C=O) groups excluding carboxylic acids is 1. The highest BCUT2D eigenvalue weighted by atomic mass is 16.4. The van der Waals surface area contributed by atoms with Gasteiger partial charge in [0.1, 0.15) is 6.29 Å². The lowest BCUT2D eigenvalue weighted by atomic mass is 9.43. The molecule has 8 aliphatic carbocycles. The van der Waals surface area contributed by atoms with Gasteiger partial charge in [0, 0.05) is 12.5 Å². The van der Waals surface area contributed by atoms with Gasteiger partial charge in [-0.1, -0.05) is 41.5 Å². The summed E-state index contributed by atoms with van der Waals surface area (Å²) in [7, 11) is 0. The lowest BCUT2D eigenvalue weighted by Gasteiger charge is -2.64. The number of carboxylic acids is 1. The van der Waals surface area contributed by atoms with Crippen LogP contribution < -0.4 is 5.32 Å². The molecule has 23 unspecified atom stereocenters. The average Bonchev–Trinajstić information content (AvgIpc) is 3.72. The molecule has 8 saturated carbocycles. The molecule has 58 heavy (non-hydrogen) atoms. The minimum absolute atomic E-state index is 0.0271. The smallest absolute Gasteiger partial charge is 0.303 e. The Morgan fingerprint density at radius 1 is 0.638 bits per heavy atom. The molecule has 7 N–H and O–H groups in total. The molecule has 0 aromatic heterocycles. The van der Waals surface area contributed by atoms with E-state index in [-0.39, 0.29) is 99.7 Å². The molecule has 23 atom stereocenters. The maximum Gasteiger partial charge on any atom is 0.303 e. The Bertz CT molecular complexity index is 1510. The van der Waals surface area contributed by atoms with Gasteiger partial charge in [-0.3, -0.25) is 4.79 Å². The van der Waals surface area contributed by atoms with Gasteiger partial charge in [-0.25, -0.2) is 0 Å². The van der Waals surface area contributed by atoms with Gasteiger partial charge in [0.05, 0.1) is 36.6 Å². The van der Waals surface area contributed by atoms with Crippen molar-refractivity contribution in [2.24, 2.45) is 92.7 Å². The van der Waals surface area contributed by atoms with Crippen LogP contribution in [0.25, 0.3) is 0 Å². The van der Waals surface area contributed by atoms with Gasteiger partial charge < -0.3 is 40.8 Å². The van der Waals surface area contributed by atoms with E-state index in [1.54, 1.807) is 0 Å². The zero-order valence-corrected chi connectivity index (χ0v) is 36.8. The van der Waals surface area contributed by atoms with E-state index in [0.29, 0.717) is 36.5 Å². The standard InChI is InChI=1S/C49H81NO8/c1-26(33-10-12-36-45-38(24-42(56)48(33,36)5)47(4)18-16-32(52)20-29(47)22-40(45)54)7-9-31(25-51)50-30-15-17-46(3)28(19-30)21-39(53)44-35-13-11-34(27(2)8-14-43(57)58)49(35,6)41(55)23-37(44)46/h25-42,44-45,50,52-56H,7-24H2,1-6H3,(H,57,58). The van der Waals surface area contributed by atoms with Gasteiger partial charge in [-0.05, 0) is 202 Å². The number of rotatable bonds is 11. The van der Waals surface area contributed by atoms with Gasteiger partial charge in [0.15, 0.2) is 0 Å². The van der Waals surface area contributed by atoms with E-state index < -0.39 is 24.3 Å². The lowest BCUT2D eigenvalue weighted by molar-refractivity contribution is -0.207. The van der Waals surface area contributed by atoms with E-state index in [9.17, 15) is 40.2 Å². The molecule has 8 aliphatic rings. The van der Waals surface area contributed by atoms with Crippen LogP contribution >= 0.6 is 0 Å². The molecule has 0 aliphatic heterocycles. The highest BCUT2D eigenvalue weighted by Crippen LogP contribution is 2.70. The minimum atomic E-state index is -0.761. The first-order valence-electron chi connectivity index (χ1n) is 24.2. The number of nitrogens with one attached hydrogen (secondary N) is 1. The van der Waals surface area contributed by atoms with Crippen LogP contribution in [0.3, 0.4) is 0 Å². The van der Waals surface area contributed by atoms with E-state index in [1.807, 2.05) is 0 Å². The maximum absolute atomic E-state index is 12.7. The predicted molar refractivity (Wildman–Crippen MR) is 223 cm³/mol. The molecule has 0 saturated heterocycles. The molecule has 0 radical (unpaired) electrons. The number of carbonyl (C=O) groups is 2. The van der Waals surface area contributed by atoms with Crippen LogP contribution in [0.1, 0.15) is 157 Å². The number of aldehydes is 1. The van der Waals surface area contributed by atoms with E-state index in [4.69, 9.17) is 0 Å². The molecule has 0 bridgehead atoms. The molecule has 9 heteroatoms. The molecule has 0 spiro atoms. The average molecular weight is 812 g/mol. The minimum Gasteiger partial charge on any atom is -0.481 e. The third kappa shape index (κ3) is 6.82. The van der Waals surface area contributed by atoms with Crippen molar-refractivity contribution in [2.45, 2.75) is 200 Å². The summed E-state index contributed by atoms with van der Waals surface area (Å²) in [6.45, 7) is 13.9. The first kappa shape index (κ1) is 43.5. The van der Waals surface area contributed by atoms with Gasteiger partial charge in [0.2, 0.25) is 0 Å². The Hall–Kier alpha value is -1.10. The number of aliphatic hydroxyl groups is 5. The second-order valence-electron chi connectivity index (χ2n) is 23.5. The number of aliphatic carboxylic acids is 1. The number of fused-ring (bicyclic) bond motifs is 10. The highest BCUT2D eigenvalue weighted by molar-refractivity contribution is 5.66. The van der Waals surface area contributed by atoms with Crippen molar-refractivity contribution in [3.8, 4) is 0 Å². The van der Waals surface area contributed by atoms with E-state index in [0.717, 1.165) is 103 Å². The van der Waals surface area contributed by atoms with Crippen molar-refractivity contribution >= 4 is 12.3 Å². The van der Waals surface area contributed by atoms with Crippen LogP contribution in [0, 0.1) is 92.7 Å². The van der Waals surface area contributed by atoms with Gasteiger partial charge >= 0.3 is 5.97 Å². The fourth-order valence-electron chi connectivity index (χ4n) is 18.1. The third-order valence-corrected chi connectivity index (χ3v) is 21.4. The topological polar surface area (TPSA) is 168 Å². The summed E-state index contributed by atoms with van der Waals surface area (Å²) < 4.78 is 0. The fraction of sp³-hybridized carbons (Fsp3) is 0.959. The maximum atomic E-state index is 12.7. The largest absolute Gasteiger partial charge is 0.481 e. The van der Waals surface area contributed by atoms with E-state index in [1.165, 1.54) is 0 Å². The molecular weight excluding hydrogens is 731 g/mol. The molecule has 0 aromatic carbocycles. The number of hydrogen-bond donors (Lipinski definition) is 7. The predicted octanol–water partition coefficient (Wildman–Crippen LogP) is 6.99. The molecule has 8 fully saturated rings. The summed E-state index contributed by atoms with van der Waals surface area (Å²) in [4.78, 5) is 24.1. The number of aliphatic hydroxyl groups excluding tert-OH is 5. The Balaban J connectivity index is 0.881. The van der Waals surface area contributed by atoms with Crippen molar-refractivity contribution in [3.05, 3.63) is 0 Å². The summed E-state index contributed by atoms with van der Waals surface area (Å²) in [5.41, 5.74) is -0.461. The first-order valence-corrected chi connectivity index (χ1v) is 24.2. The molecule has 330 valence electrons. The summed E-state index contributed by atoms with van der Waals surface area (Å²) >= 11 is 0. The molecule has 8 rings (SSSR count). The molecular formula is C49H81NO8. The van der Waals surface area contributed by atoms with Crippen LogP contribution in [0.2, 0.25) is 0 Å². The summed E-state index contributed by atoms with van der Waals surface area (Å²) in [5, 5.41) is 71.4. The third-order valence-electron chi connectivity index (χ3n) is 21.4. The van der Waals surface area contributed by atoms with Crippen LogP contribution in [-0.4, -0.2) is 85.5 Å². The van der Waals surface area contributed by atoms with Crippen molar-refractivity contribution in [3.63, 3.8) is 0 Å². The summed E-state index contributed by atoms with van der Waals surface area (Å²) in [5.74, 6) is 2.48. The monoisotopic (exact) mass is 812 g/mol. The molecule has 9 nitrogen and oxygen atoms in total. The lowest BCUT2D eigenvalue weighted by Crippen LogP contribution is -2.63. The molecule has 0 heterocycles. The van der Waals surface area contributed by atoms with Gasteiger partial charge in [0.25, 0.3) is 0 Å². The fourth-order valence-corrected chi connectivity index (χ4v) is 18.1. The Morgan fingerprint density at radius 2 is 1.14 bits per heavy atom. The van der Waals surface area contributed by atoms with Crippen molar-refractivity contribution in [1.29, 1.82) is 0 Å². The zero-order chi connectivity index (χ0) is 41.7. The Morgan fingerprint density at radius 3 is 1.66 bits per heavy atom. The van der Waals surface area contributed by atoms with Gasteiger partial charge in [-0.15, -0.1) is 0 Å². The zero-order valence-electron chi connectivity index (χ0n) is 36.8. The van der Waals surface area contributed by atoms with Crippen molar-refractivity contribution < 1.29 is 40.2 Å². The molecule has 0 aromatic rings. The second-order valence-corrected chi connectivity index (χ2v) is 23.5. The van der Waals surface area contributed by atoms with Crippen LogP contribution in [-0.2, 0) is 9.59 Å². The number of carboxylic acid groups (broad SMARTS) is 1.